The highest BCUT2D eigenvalue weighted by atomic mass is 32.2. The van der Waals surface area contributed by atoms with Gasteiger partial charge in [0, 0.05) is 12.1 Å². The van der Waals surface area contributed by atoms with Crippen molar-refractivity contribution in [3.63, 3.8) is 0 Å². The Morgan fingerprint density at radius 2 is 1.61 bits per heavy atom. The average Bonchev–Trinajstić information content (AvgIpc) is 2.78. The fourth-order valence-electron chi connectivity index (χ4n) is 3.72. The average molecular weight is 469 g/mol. The summed E-state index contributed by atoms with van der Waals surface area (Å²) in [6, 6.07) is 18.9. The van der Waals surface area contributed by atoms with Gasteiger partial charge in [-0.2, -0.15) is 0 Å². The number of amides is 1. The molecule has 1 amide bonds. The van der Waals surface area contributed by atoms with Gasteiger partial charge in [0.25, 0.3) is 5.91 Å². The van der Waals surface area contributed by atoms with Crippen LogP contribution < -0.4 is 9.62 Å². The fourth-order valence-corrected chi connectivity index (χ4v) is 4.70. The van der Waals surface area contributed by atoms with Gasteiger partial charge in [-0.3, -0.25) is 9.10 Å². The third kappa shape index (κ3) is 6.42. The molecular formula is C26H29FN2O3S. The second kappa shape index (κ2) is 10.6. The number of nitrogens with one attached hydrogen (secondary N) is 1. The zero-order chi connectivity index (χ0) is 24.0. The third-order valence-electron chi connectivity index (χ3n) is 5.51. The number of nitrogens with zero attached hydrogens (tertiary/aromatic N) is 1. The Balaban J connectivity index is 1.69. The SMILES string of the molecule is CCc1cccc(C)c1N(Cc1ccc(C(=O)NCCc2ccc(F)cc2)cc1)S(C)(=O)=O. The summed E-state index contributed by atoms with van der Waals surface area (Å²) in [7, 11) is -3.51. The van der Waals surface area contributed by atoms with E-state index in [9.17, 15) is 17.6 Å². The predicted molar refractivity (Wildman–Crippen MR) is 130 cm³/mol. The molecule has 0 atom stereocenters. The molecule has 3 rings (SSSR count). The summed E-state index contributed by atoms with van der Waals surface area (Å²) in [6.45, 7) is 4.53. The standard InChI is InChI=1S/C26H29FN2O3S/c1-4-22-7-5-6-19(2)25(22)29(33(3,31)32)18-21-8-12-23(13-9-21)26(30)28-17-16-20-10-14-24(27)15-11-20/h5-15H,4,16-18H2,1-3H3,(H,28,30). The van der Waals surface area contributed by atoms with E-state index < -0.39 is 10.0 Å². The van der Waals surface area contributed by atoms with Crippen molar-refractivity contribution >= 4 is 21.6 Å². The van der Waals surface area contributed by atoms with Crippen LogP contribution in [0.1, 0.15) is 39.5 Å². The Labute approximate surface area is 195 Å². The summed E-state index contributed by atoms with van der Waals surface area (Å²) < 4.78 is 39.7. The van der Waals surface area contributed by atoms with Crippen molar-refractivity contribution in [3.8, 4) is 0 Å². The van der Waals surface area contributed by atoms with E-state index in [-0.39, 0.29) is 18.3 Å². The second-order valence-electron chi connectivity index (χ2n) is 8.04. The smallest absolute Gasteiger partial charge is 0.251 e. The molecule has 0 bridgehead atoms. The Morgan fingerprint density at radius 1 is 0.970 bits per heavy atom. The van der Waals surface area contributed by atoms with E-state index in [4.69, 9.17) is 0 Å². The van der Waals surface area contributed by atoms with Crippen molar-refractivity contribution in [1.29, 1.82) is 0 Å². The van der Waals surface area contributed by atoms with E-state index in [1.54, 1.807) is 36.4 Å². The van der Waals surface area contributed by atoms with E-state index in [0.717, 1.165) is 28.7 Å². The van der Waals surface area contributed by atoms with Gasteiger partial charge in [0.05, 0.1) is 18.5 Å². The van der Waals surface area contributed by atoms with E-state index in [1.165, 1.54) is 22.7 Å². The number of aryl methyl sites for hydroxylation is 2. The number of hydrogen-bond acceptors (Lipinski definition) is 3. The number of carbonyl (C=O) groups excluding carboxylic acids is 1. The highest BCUT2D eigenvalue weighted by Crippen LogP contribution is 2.29. The van der Waals surface area contributed by atoms with Gasteiger partial charge in [-0.15, -0.1) is 0 Å². The number of anilines is 1. The zero-order valence-electron chi connectivity index (χ0n) is 19.1. The Bertz CT molecular complexity index is 1210. The summed E-state index contributed by atoms with van der Waals surface area (Å²) in [5, 5.41) is 2.86. The molecule has 3 aromatic rings. The summed E-state index contributed by atoms with van der Waals surface area (Å²) in [5.74, 6) is -0.499. The van der Waals surface area contributed by atoms with Gasteiger partial charge in [0.2, 0.25) is 10.0 Å². The largest absolute Gasteiger partial charge is 0.352 e. The number of benzene rings is 3. The van der Waals surface area contributed by atoms with Gasteiger partial charge in [0.15, 0.2) is 0 Å². The zero-order valence-corrected chi connectivity index (χ0v) is 20.0. The van der Waals surface area contributed by atoms with Crippen LogP contribution in [0.5, 0.6) is 0 Å². The highest BCUT2D eigenvalue weighted by Gasteiger charge is 2.22. The minimum atomic E-state index is -3.51. The summed E-state index contributed by atoms with van der Waals surface area (Å²) in [6.07, 6.45) is 2.53. The van der Waals surface area contributed by atoms with E-state index in [2.05, 4.69) is 5.32 Å². The summed E-state index contributed by atoms with van der Waals surface area (Å²) >= 11 is 0. The van der Waals surface area contributed by atoms with Crippen LogP contribution in [0.25, 0.3) is 0 Å². The second-order valence-corrected chi connectivity index (χ2v) is 9.94. The highest BCUT2D eigenvalue weighted by molar-refractivity contribution is 7.92. The first-order valence-electron chi connectivity index (χ1n) is 10.9. The topological polar surface area (TPSA) is 66.5 Å². The molecule has 0 aliphatic rings. The molecule has 1 N–H and O–H groups in total. The van der Waals surface area contributed by atoms with Crippen LogP contribution in [0.4, 0.5) is 10.1 Å². The summed E-state index contributed by atoms with van der Waals surface area (Å²) in [4.78, 5) is 12.5. The molecule has 0 unspecified atom stereocenters. The van der Waals surface area contributed by atoms with E-state index in [0.29, 0.717) is 24.2 Å². The third-order valence-corrected chi connectivity index (χ3v) is 6.62. The van der Waals surface area contributed by atoms with Crippen LogP contribution in [0, 0.1) is 12.7 Å². The van der Waals surface area contributed by atoms with E-state index in [1.807, 2.05) is 32.0 Å². The van der Waals surface area contributed by atoms with Crippen molar-refractivity contribution < 1.29 is 17.6 Å². The maximum absolute atomic E-state index is 13.0. The lowest BCUT2D eigenvalue weighted by molar-refractivity contribution is 0.0954. The maximum Gasteiger partial charge on any atom is 0.251 e. The minimum absolute atomic E-state index is 0.184. The van der Waals surface area contributed by atoms with Crippen LogP contribution in [0.3, 0.4) is 0 Å². The molecule has 0 aliphatic heterocycles. The molecule has 0 saturated heterocycles. The van der Waals surface area contributed by atoms with Crippen LogP contribution in [-0.4, -0.2) is 27.1 Å². The van der Waals surface area contributed by atoms with Crippen molar-refractivity contribution in [3.05, 3.63) is 100 Å². The predicted octanol–water partition coefficient (Wildman–Crippen LogP) is 4.64. The van der Waals surface area contributed by atoms with Crippen molar-refractivity contribution in [2.75, 3.05) is 17.1 Å². The number of carbonyl (C=O) groups is 1. The van der Waals surface area contributed by atoms with E-state index >= 15 is 0 Å². The maximum atomic E-state index is 13.0. The Hall–Kier alpha value is -3.19. The minimum Gasteiger partial charge on any atom is -0.352 e. The number of hydrogen-bond donors (Lipinski definition) is 1. The van der Waals surface area contributed by atoms with Crippen LogP contribution >= 0.6 is 0 Å². The van der Waals surface area contributed by atoms with Crippen molar-refractivity contribution in [1.82, 2.24) is 5.32 Å². The van der Waals surface area contributed by atoms with Gasteiger partial charge in [-0.1, -0.05) is 49.4 Å². The molecule has 0 spiro atoms. The number of halogens is 1. The lowest BCUT2D eigenvalue weighted by atomic mass is 10.1. The first kappa shape index (κ1) is 24.5. The molecule has 174 valence electrons. The van der Waals surface area contributed by atoms with Gasteiger partial charge in [0.1, 0.15) is 5.82 Å². The number of sulfonamides is 1. The van der Waals surface area contributed by atoms with Crippen molar-refractivity contribution in [2.24, 2.45) is 0 Å². The fraction of sp³-hybridized carbons (Fsp3) is 0.269. The lowest BCUT2D eigenvalue weighted by Crippen LogP contribution is -2.31. The van der Waals surface area contributed by atoms with Crippen LogP contribution in [-0.2, 0) is 29.4 Å². The van der Waals surface area contributed by atoms with Crippen LogP contribution in [0.2, 0.25) is 0 Å². The molecular weight excluding hydrogens is 439 g/mol. The molecule has 7 heteroatoms. The molecule has 0 fully saturated rings. The molecule has 0 aromatic heterocycles. The normalized spacial score (nSPS) is 11.3. The first-order valence-corrected chi connectivity index (χ1v) is 12.7. The monoisotopic (exact) mass is 468 g/mol. The molecule has 0 heterocycles. The van der Waals surface area contributed by atoms with Crippen LogP contribution in [0.15, 0.2) is 66.7 Å². The molecule has 5 nitrogen and oxygen atoms in total. The number of para-hydroxylation sites is 1. The quantitative estimate of drug-likeness (QED) is 0.498. The lowest BCUT2D eigenvalue weighted by Gasteiger charge is -2.26. The van der Waals surface area contributed by atoms with Gasteiger partial charge in [-0.25, -0.2) is 12.8 Å². The van der Waals surface area contributed by atoms with Gasteiger partial charge in [-0.05, 0) is 66.3 Å². The molecule has 33 heavy (non-hydrogen) atoms. The van der Waals surface area contributed by atoms with Crippen molar-refractivity contribution in [2.45, 2.75) is 33.2 Å². The summed E-state index contributed by atoms with van der Waals surface area (Å²) in [5.41, 5.74) is 4.80. The van der Waals surface area contributed by atoms with Gasteiger partial charge < -0.3 is 5.32 Å². The number of rotatable bonds is 9. The molecule has 3 aromatic carbocycles. The first-order chi connectivity index (χ1) is 15.7. The Kier molecular flexibility index (Phi) is 7.87. The molecule has 0 aliphatic carbocycles. The Morgan fingerprint density at radius 3 is 2.21 bits per heavy atom. The molecule has 0 radical (unpaired) electrons. The van der Waals surface area contributed by atoms with Gasteiger partial charge >= 0.3 is 0 Å². The molecule has 0 saturated carbocycles.